The number of carbonyl (C=O) groups is 1. The lowest BCUT2D eigenvalue weighted by Gasteiger charge is -2.12. The van der Waals surface area contributed by atoms with E-state index in [1.54, 1.807) is 66.7 Å². The van der Waals surface area contributed by atoms with Gasteiger partial charge in [0.25, 0.3) is 0 Å². The van der Waals surface area contributed by atoms with Gasteiger partial charge in [0.1, 0.15) is 5.58 Å². The molecule has 0 bridgehead atoms. The Kier molecular flexibility index (Phi) is 6.70. The van der Waals surface area contributed by atoms with Crippen molar-refractivity contribution in [1.29, 1.82) is 0 Å². The van der Waals surface area contributed by atoms with E-state index in [0.29, 0.717) is 33.1 Å². The fourth-order valence-electron chi connectivity index (χ4n) is 3.42. The third-order valence-electron chi connectivity index (χ3n) is 5.14. The van der Waals surface area contributed by atoms with Crippen LogP contribution in [-0.2, 0) is 4.79 Å². The molecule has 3 aromatic carbocycles. The second-order valence-electron chi connectivity index (χ2n) is 7.46. The van der Waals surface area contributed by atoms with Gasteiger partial charge in [-0.05, 0) is 66.6 Å². The van der Waals surface area contributed by atoms with Gasteiger partial charge in [0.15, 0.2) is 17.3 Å². The molecule has 1 aromatic heterocycles. The Balaban J connectivity index is 1.80. The second-order valence-corrected chi connectivity index (χ2v) is 7.90. The molecule has 0 N–H and O–H groups in total. The van der Waals surface area contributed by atoms with Gasteiger partial charge in [-0.1, -0.05) is 29.8 Å². The van der Waals surface area contributed by atoms with Crippen molar-refractivity contribution < 1.29 is 23.4 Å². The van der Waals surface area contributed by atoms with Gasteiger partial charge < -0.3 is 18.6 Å². The zero-order valence-electron chi connectivity index (χ0n) is 18.8. The van der Waals surface area contributed by atoms with E-state index in [-0.39, 0.29) is 11.5 Å². The third-order valence-corrected chi connectivity index (χ3v) is 5.39. The van der Waals surface area contributed by atoms with Gasteiger partial charge in [-0.25, -0.2) is 4.79 Å². The lowest BCUT2D eigenvalue weighted by molar-refractivity contribution is -0.129. The smallest absolute Gasteiger partial charge is 0.336 e. The van der Waals surface area contributed by atoms with E-state index in [1.165, 1.54) is 20.3 Å². The van der Waals surface area contributed by atoms with Crippen LogP contribution in [0.2, 0.25) is 5.02 Å². The van der Waals surface area contributed by atoms with Crippen LogP contribution in [0.1, 0.15) is 11.1 Å². The first-order valence-electron chi connectivity index (χ1n) is 10.3. The monoisotopic (exact) mass is 476 g/mol. The molecule has 7 heteroatoms. The number of esters is 1. The number of halogens is 1. The Morgan fingerprint density at radius 2 is 1.68 bits per heavy atom. The van der Waals surface area contributed by atoms with Crippen molar-refractivity contribution in [3.63, 3.8) is 0 Å². The van der Waals surface area contributed by atoms with E-state index in [9.17, 15) is 9.59 Å². The van der Waals surface area contributed by atoms with Crippen molar-refractivity contribution in [2.24, 2.45) is 0 Å². The Morgan fingerprint density at radius 1 is 0.941 bits per heavy atom. The number of rotatable bonds is 6. The van der Waals surface area contributed by atoms with Crippen LogP contribution in [0, 0.1) is 6.92 Å². The topological polar surface area (TPSA) is 75.0 Å². The van der Waals surface area contributed by atoms with Gasteiger partial charge in [-0.2, -0.15) is 0 Å². The molecule has 4 rings (SSSR count). The fourth-order valence-corrected chi connectivity index (χ4v) is 3.54. The first-order chi connectivity index (χ1) is 16.4. The highest BCUT2D eigenvalue weighted by molar-refractivity contribution is 6.30. The Morgan fingerprint density at radius 3 is 2.38 bits per heavy atom. The lowest BCUT2D eigenvalue weighted by Crippen LogP contribution is -2.14. The number of hydrogen-bond acceptors (Lipinski definition) is 6. The molecule has 0 unspecified atom stereocenters. The summed E-state index contributed by atoms with van der Waals surface area (Å²) in [6.45, 7) is 1.89. The highest BCUT2D eigenvalue weighted by Crippen LogP contribution is 2.37. The van der Waals surface area contributed by atoms with E-state index in [2.05, 4.69) is 0 Å². The molecule has 0 saturated carbocycles. The van der Waals surface area contributed by atoms with E-state index in [0.717, 1.165) is 11.1 Å². The quantitative estimate of drug-likeness (QED) is 0.249. The van der Waals surface area contributed by atoms with E-state index in [4.69, 9.17) is 30.2 Å². The minimum atomic E-state index is -0.726. The van der Waals surface area contributed by atoms with Gasteiger partial charge in [-0.15, -0.1) is 0 Å². The molecule has 0 aliphatic heterocycles. The largest absolute Gasteiger partial charge is 0.493 e. The lowest BCUT2D eigenvalue weighted by atomic mass is 10.1. The van der Waals surface area contributed by atoms with Crippen molar-refractivity contribution in [2.45, 2.75) is 6.92 Å². The maximum absolute atomic E-state index is 13.3. The van der Waals surface area contributed by atoms with Crippen molar-refractivity contribution in [2.75, 3.05) is 14.2 Å². The molecule has 0 amide bonds. The summed E-state index contributed by atoms with van der Waals surface area (Å²) in [5, 5.41) is 0.891. The molecule has 0 radical (unpaired) electrons. The molecule has 0 aliphatic carbocycles. The molecule has 34 heavy (non-hydrogen) atoms. The molecule has 0 spiro atoms. The normalized spacial score (nSPS) is 11.1. The summed E-state index contributed by atoms with van der Waals surface area (Å²) < 4.78 is 22.3. The van der Waals surface area contributed by atoms with Gasteiger partial charge >= 0.3 is 5.97 Å². The zero-order chi connectivity index (χ0) is 24.2. The molecular formula is C27H21ClO6. The maximum atomic E-state index is 13.3. The van der Waals surface area contributed by atoms with Crippen LogP contribution in [0.3, 0.4) is 0 Å². The second kappa shape index (κ2) is 9.85. The number of hydrogen-bond donors (Lipinski definition) is 0. The Bertz CT molecular complexity index is 1450. The van der Waals surface area contributed by atoms with Crippen molar-refractivity contribution >= 4 is 34.6 Å². The fraction of sp³-hybridized carbons (Fsp3) is 0.111. The molecule has 172 valence electrons. The minimum Gasteiger partial charge on any atom is -0.493 e. The average Bonchev–Trinajstić information content (AvgIpc) is 2.84. The van der Waals surface area contributed by atoms with Crippen LogP contribution >= 0.6 is 11.6 Å². The molecule has 0 aliphatic rings. The molecule has 4 aromatic rings. The molecule has 6 nitrogen and oxygen atoms in total. The van der Waals surface area contributed by atoms with Crippen molar-refractivity contribution in [3.05, 3.63) is 93.1 Å². The molecule has 0 atom stereocenters. The van der Waals surface area contributed by atoms with Crippen LogP contribution in [0.25, 0.3) is 28.4 Å². The predicted octanol–water partition coefficient (Wildman–Crippen LogP) is 6.06. The SMILES string of the molecule is COc1ccc(-c2oc3cc(C)ccc3c(=O)c2OC(=O)/C=C/c2ccc(Cl)cc2)cc1OC. The van der Waals surface area contributed by atoms with E-state index in [1.807, 2.05) is 6.92 Å². The molecule has 0 saturated heterocycles. The van der Waals surface area contributed by atoms with E-state index < -0.39 is 11.4 Å². The highest BCUT2D eigenvalue weighted by Gasteiger charge is 2.21. The van der Waals surface area contributed by atoms with Gasteiger partial charge in [0.2, 0.25) is 11.2 Å². The Hall–Kier alpha value is -4.03. The maximum Gasteiger partial charge on any atom is 0.336 e. The summed E-state index contributed by atoms with van der Waals surface area (Å²) in [7, 11) is 3.03. The summed E-state index contributed by atoms with van der Waals surface area (Å²) >= 11 is 5.90. The number of aryl methyl sites for hydroxylation is 1. The summed E-state index contributed by atoms with van der Waals surface area (Å²) in [5.74, 6) is 0.114. The average molecular weight is 477 g/mol. The number of methoxy groups -OCH3 is 2. The van der Waals surface area contributed by atoms with Crippen LogP contribution in [-0.4, -0.2) is 20.2 Å². The van der Waals surface area contributed by atoms with Crippen molar-refractivity contribution in [1.82, 2.24) is 0 Å². The van der Waals surface area contributed by atoms with Crippen LogP contribution in [0.4, 0.5) is 0 Å². The number of ether oxygens (including phenoxy) is 3. The van der Waals surface area contributed by atoms with Crippen LogP contribution in [0.5, 0.6) is 17.2 Å². The van der Waals surface area contributed by atoms with Gasteiger partial charge in [-0.3, -0.25) is 4.79 Å². The number of benzene rings is 3. The minimum absolute atomic E-state index is 0.109. The first-order valence-corrected chi connectivity index (χ1v) is 10.7. The van der Waals surface area contributed by atoms with Crippen LogP contribution in [0.15, 0.2) is 76.0 Å². The van der Waals surface area contributed by atoms with Gasteiger partial charge in [0, 0.05) is 16.7 Å². The molecule has 1 heterocycles. The highest BCUT2D eigenvalue weighted by atomic mass is 35.5. The van der Waals surface area contributed by atoms with Gasteiger partial charge in [0.05, 0.1) is 19.6 Å². The molecule has 0 fully saturated rings. The summed E-state index contributed by atoms with van der Waals surface area (Å²) in [6, 6.07) is 17.2. The summed E-state index contributed by atoms with van der Waals surface area (Å²) in [6.07, 6.45) is 2.81. The van der Waals surface area contributed by atoms with Crippen molar-refractivity contribution in [3.8, 4) is 28.6 Å². The third kappa shape index (κ3) is 4.82. The first kappa shape index (κ1) is 23.1. The number of fused-ring (bicyclic) bond motifs is 1. The predicted molar refractivity (Wildman–Crippen MR) is 132 cm³/mol. The molecular weight excluding hydrogens is 456 g/mol. The van der Waals surface area contributed by atoms with Crippen LogP contribution < -0.4 is 19.6 Å². The summed E-state index contributed by atoms with van der Waals surface area (Å²) in [5.41, 5.74) is 2.08. The number of carbonyl (C=O) groups excluding carboxylic acids is 1. The zero-order valence-corrected chi connectivity index (χ0v) is 19.5. The summed E-state index contributed by atoms with van der Waals surface area (Å²) in [4.78, 5) is 26.0. The Labute approximate surface area is 200 Å². The van der Waals surface area contributed by atoms with E-state index >= 15 is 0 Å². The standard InChI is InChI=1S/C27H21ClO6/c1-16-4-11-20-22(14-16)33-26(18-8-12-21(31-2)23(15-18)32-3)27(25(20)30)34-24(29)13-7-17-5-9-19(28)10-6-17/h4-15H,1-3H3/b13-7+.